The van der Waals surface area contributed by atoms with Crippen molar-refractivity contribution in [3.63, 3.8) is 0 Å². The molecular weight excluding hydrogens is 330 g/mol. The van der Waals surface area contributed by atoms with Crippen LogP contribution < -0.4 is 10.5 Å². The number of amides is 1. The summed E-state index contributed by atoms with van der Waals surface area (Å²) in [5, 5.41) is 7.97. The molecule has 2 aromatic heterocycles. The van der Waals surface area contributed by atoms with Crippen LogP contribution in [0.15, 0.2) is 54.9 Å². The van der Waals surface area contributed by atoms with E-state index in [1.54, 1.807) is 53.7 Å². The molecule has 0 aliphatic carbocycles. The van der Waals surface area contributed by atoms with E-state index < -0.39 is 0 Å². The highest BCUT2D eigenvalue weighted by molar-refractivity contribution is 5.94. The highest BCUT2D eigenvalue weighted by Gasteiger charge is 2.23. The Bertz CT molecular complexity index is 928. The summed E-state index contributed by atoms with van der Waals surface area (Å²) in [5.74, 6) is 1.65. The minimum Gasteiger partial charge on any atom is -0.456 e. The van der Waals surface area contributed by atoms with Gasteiger partial charge in [-0.2, -0.15) is 5.10 Å². The first kappa shape index (κ1) is 16.0. The standard InChI is InChI=1S/C19H17N5O2/c20-18-10-14-12-24(9-7-17(14)22-23-18)19(25)13-3-5-15(6-4-13)26-16-2-1-8-21-11-16/h1-6,8,10-11H,7,9,12H2,(H2,20,23). The lowest BCUT2D eigenvalue weighted by Gasteiger charge is -2.28. The average molecular weight is 347 g/mol. The van der Waals surface area contributed by atoms with Crippen molar-refractivity contribution in [1.29, 1.82) is 0 Å². The van der Waals surface area contributed by atoms with Gasteiger partial charge in [-0.15, -0.1) is 5.10 Å². The van der Waals surface area contributed by atoms with Crippen molar-refractivity contribution in [2.45, 2.75) is 13.0 Å². The third-order valence-corrected chi connectivity index (χ3v) is 4.22. The minimum atomic E-state index is -0.0287. The van der Waals surface area contributed by atoms with Gasteiger partial charge in [0, 0.05) is 31.3 Å². The third kappa shape index (κ3) is 3.32. The summed E-state index contributed by atoms with van der Waals surface area (Å²) in [5.41, 5.74) is 8.17. The molecule has 26 heavy (non-hydrogen) atoms. The predicted octanol–water partition coefficient (Wildman–Crippen LogP) is 2.44. The van der Waals surface area contributed by atoms with E-state index in [0.717, 1.165) is 11.3 Å². The number of fused-ring (bicyclic) bond motifs is 1. The fourth-order valence-electron chi connectivity index (χ4n) is 2.91. The number of ether oxygens (including phenoxy) is 1. The molecule has 1 aliphatic heterocycles. The van der Waals surface area contributed by atoms with E-state index in [-0.39, 0.29) is 5.91 Å². The van der Waals surface area contributed by atoms with Gasteiger partial charge in [-0.3, -0.25) is 9.78 Å². The smallest absolute Gasteiger partial charge is 0.254 e. The lowest BCUT2D eigenvalue weighted by atomic mass is 10.1. The maximum atomic E-state index is 12.8. The molecule has 1 aliphatic rings. The molecule has 0 spiro atoms. The first-order valence-electron chi connectivity index (χ1n) is 8.27. The van der Waals surface area contributed by atoms with Gasteiger partial charge in [-0.1, -0.05) is 0 Å². The molecular formula is C19H17N5O2. The van der Waals surface area contributed by atoms with E-state index in [2.05, 4.69) is 15.2 Å². The molecule has 0 fully saturated rings. The molecule has 3 heterocycles. The number of nitrogen functional groups attached to an aromatic ring is 1. The lowest BCUT2D eigenvalue weighted by molar-refractivity contribution is 0.0733. The van der Waals surface area contributed by atoms with Crippen molar-refractivity contribution in [1.82, 2.24) is 20.1 Å². The number of nitrogens with zero attached hydrogens (tertiary/aromatic N) is 4. The first-order valence-corrected chi connectivity index (χ1v) is 8.27. The van der Waals surface area contributed by atoms with Gasteiger partial charge >= 0.3 is 0 Å². The zero-order valence-corrected chi connectivity index (χ0v) is 14.0. The molecule has 0 saturated carbocycles. The number of carbonyl (C=O) groups is 1. The van der Waals surface area contributed by atoms with Gasteiger partial charge < -0.3 is 15.4 Å². The maximum absolute atomic E-state index is 12.8. The summed E-state index contributed by atoms with van der Waals surface area (Å²) in [6, 6.07) is 12.5. The number of pyridine rings is 1. The van der Waals surface area contributed by atoms with Crippen LogP contribution in [-0.2, 0) is 13.0 Å². The zero-order valence-electron chi connectivity index (χ0n) is 14.0. The minimum absolute atomic E-state index is 0.0287. The Balaban J connectivity index is 1.47. The Morgan fingerprint density at radius 1 is 1.12 bits per heavy atom. The van der Waals surface area contributed by atoms with E-state index in [4.69, 9.17) is 10.5 Å². The number of hydrogen-bond acceptors (Lipinski definition) is 6. The van der Waals surface area contributed by atoms with E-state index >= 15 is 0 Å². The van der Waals surface area contributed by atoms with Gasteiger partial charge in [0.1, 0.15) is 17.3 Å². The van der Waals surface area contributed by atoms with E-state index in [0.29, 0.717) is 42.4 Å². The summed E-state index contributed by atoms with van der Waals surface area (Å²) in [4.78, 5) is 18.6. The largest absolute Gasteiger partial charge is 0.456 e. The second-order valence-corrected chi connectivity index (χ2v) is 6.03. The third-order valence-electron chi connectivity index (χ3n) is 4.22. The molecule has 0 atom stereocenters. The molecule has 3 aromatic rings. The quantitative estimate of drug-likeness (QED) is 0.782. The maximum Gasteiger partial charge on any atom is 0.254 e. The Kier molecular flexibility index (Phi) is 4.18. The van der Waals surface area contributed by atoms with Crippen LogP contribution in [0, 0.1) is 0 Å². The molecule has 0 unspecified atom stereocenters. The highest BCUT2D eigenvalue weighted by atomic mass is 16.5. The molecule has 0 radical (unpaired) electrons. The van der Waals surface area contributed by atoms with Crippen molar-refractivity contribution >= 4 is 11.7 Å². The molecule has 1 aromatic carbocycles. The van der Waals surface area contributed by atoms with Crippen LogP contribution in [-0.4, -0.2) is 32.5 Å². The van der Waals surface area contributed by atoms with Crippen molar-refractivity contribution in [3.8, 4) is 11.5 Å². The molecule has 7 nitrogen and oxygen atoms in total. The molecule has 130 valence electrons. The van der Waals surface area contributed by atoms with Gasteiger partial charge in [0.2, 0.25) is 0 Å². The Morgan fingerprint density at radius 3 is 2.73 bits per heavy atom. The number of anilines is 1. The lowest BCUT2D eigenvalue weighted by Crippen LogP contribution is -2.36. The van der Waals surface area contributed by atoms with Crippen LogP contribution in [0.5, 0.6) is 11.5 Å². The van der Waals surface area contributed by atoms with Gasteiger partial charge in [0.05, 0.1) is 11.9 Å². The number of hydrogen-bond donors (Lipinski definition) is 1. The fraction of sp³-hybridized carbons (Fsp3) is 0.158. The summed E-state index contributed by atoms with van der Waals surface area (Å²) >= 11 is 0. The van der Waals surface area contributed by atoms with E-state index in [1.165, 1.54) is 0 Å². The van der Waals surface area contributed by atoms with Crippen molar-refractivity contribution < 1.29 is 9.53 Å². The normalized spacial score (nSPS) is 13.2. The summed E-state index contributed by atoms with van der Waals surface area (Å²) in [6.45, 7) is 1.10. The van der Waals surface area contributed by atoms with Gasteiger partial charge in [-0.05, 0) is 48.0 Å². The van der Waals surface area contributed by atoms with Crippen LogP contribution in [0.1, 0.15) is 21.6 Å². The predicted molar refractivity (Wildman–Crippen MR) is 95.6 cm³/mol. The summed E-state index contributed by atoms with van der Waals surface area (Å²) in [7, 11) is 0. The molecule has 1 amide bonds. The van der Waals surface area contributed by atoms with E-state index in [1.807, 2.05) is 6.07 Å². The van der Waals surface area contributed by atoms with Gasteiger partial charge in [0.15, 0.2) is 0 Å². The van der Waals surface area contributed by atoms with Crippen molar-refractivity contribution in [2.24, 2.45) is 0 Å². The SMILES string of the molecule is Nc1cc2c(nn1)CCN(C(=O)c1ccc(Oc3cccnc3)cc1)C2. The molecule has 4 rings (SSSR count). The fourth-order valence-corrected chi connectivity index (χ4v) is 2.91. The second kappa shape index (κ2) is 6.79. The van der Waals surface area contributed by atoms with Crippen LogP contribution >= 0.6 is 0 Å². The van der Waals surface area contributed by atoms with Gasteiger partial charge in [-0.25, -0.2) is 0 Å². The van der Waals surface area contributed by atoms with Crippen molar-refractivity contribution in [3.05, 3.63) is 71.7 Å². The first-order chi connectivity index (χ1) is 12.7. The second-order valence-electron chi connectivity index (χ2n) is 6.03. The average Bonchev–Trinajstić information content (AvgIpc) is 2.68. The highest BCUT2D eigenvalue weighted by Crippen LogP contribution is 2.23. The molecule has 7 heteroatoms. The molecule has 2 N–H and O–H groups in total. The number of aromatic nitrogens is 3. The van der Waals surface area contributed by atoms with Crippen LogP contribution in [0.4, 0.5) is 5.82 Å². The van der Waals surface area contributed by atoms with Crippen LogP contribution in [0.3, 0.4) is 0 Å². The summed E-state index contributed by atoms with van der Waals surface area (Å²) in [6.07, 6.45) is 4.00. The van der Waals surface area contributed by atoms with Crippen LogP contribution in [0.25, 0.3) is 0 Å². The Morgan fingerprint density at radius 2 is 1.96 bits per heavy atom. The van der Waals surface area contributed by atoms with Crippen LogP contribution in [0.2, 0.25) is 0 Å². The number of carbonyl (C=O) groups excluding carboxylic acids is 1. The molecule has 0 bridgehead atoms. The molecule has 0 saturated heterocycles. The number of nitrogens with two attached hydrogens (primary N) is 1. The number of benzene rings is 1. The van der Waals surface area contributed by atoms with Gasteiger partial charge in [0.25, 0.3) is 5.91 Å². The zero-order chi connectivity index (χ0) is 17.9. The number of rotatable bonds is 3. The van der Waals surface area contributed by atoms with Crippen molar-refractivity contribution in [2.75, 3.05) is 12.3 Å². The Hall–Kier alpha value is -3.48. The topological polar surface area (TPSA) is 94.2 Å². The Labute approximate surface area is 150 Å². The van der Waals surface area contributed by atoms with E-state index in [9.17, 15) is 4.79 Å². The monoisotopic (exact) mass is 347 g/mol. The summed E-state index contributed by atoms with van der Waals surface area (Å²) < 4.78 is 5.70.